The van der Waals surface area contributed by atoms with Crippen LogP contribution in [0.4, 0.5) is 4.39 Å². The number of hydrogen-bond acceptors (Lipinski definition) is 2. The Labute approximate surface area is 142 Å². The number of ether oxygens (including phenoxy) is 1. The SMILES string of the molecule is COc1ccc(CCC(=O)NC(c2ccccc2)C(C)C)cc1F. The van der Waals surface area contributed by atoms with Gasteiger partial charge in [-0.2, -0.15) is 0 Å². The van der Waals surface area contributed by atoms with Gasteiger partial charge in [-0.05, 0) is 35.6 Å². The predicted octanol–water partition coefficient (Wildman–Crippen LogP) is 4.28. The molecule has 0 saturated heterocycles. The molecule has 2 rings (SSSR count). The van der Waals surface area contributed by atoms with Crippen LogP contribution in [0.5, 0.6) is 5.75 Å². The third-order valence-electron chi connectivity index (χ3n) is 4.00. The van der Waals surface area contributed by atoms with E-state index >= 15 is 0 Å². The molecule has 0 aliphatic rings. The molecule has 1 atom stereocenters. The average molecular weight is 329 g/mol. The Morgan fingerprint density at radius 2 is 1.88 bits per heavy atom. The molecule has 24 heavy (non-hydrogen) atoms. The first kappa shape index (κ1) is 18.0. The number of benzene rings is 2. The molecule has 0 radical (unpaired) electrons. The van der Waals surface area contributed by atoms with E-state index in [2.05, 4.69) is 19.2 Å². The molecule has 2 aromatic rings. The maximum atomic E-state index is 13.7. The second-order valence-corrected chi connectivity index (χ2v) is 6.17. The summed E-state index contributed by atoms with van der Waals surface area (Å²) in [4.78, 5) is 12.3. The first-order chi connectivity index (χ1) is 11.5. The first-order valence-corrected chi connectivity index (χ1v) is 8.18. The van der Waals surface area contributed by atoms with Gasteiger partial charge in [0.05, 0.1) is 13.2 Å². The van der Waals surface area contributed by atoms with E-state index < -0.39 is 5.82 Å². The highest BCUT2D eigenvalue weighted by Gasteiger charge is 2.18. The summed E-state index contributed by atoms with van der Waals surface area (Å²) in [5, 5.41) is 3.08. The Hall–Kier alpha value is -2.36. The van der Waals surface area contributed by atoms with Gasteiger partial charge in [-0.3, -0.25) is 4.79 Å². The lowest BCUT2D eigenvalue weighted by Gasteiger charge is -2.23. The van der Waals surface area contributed by atoms with Crippen molar-refractivity contribution in [1.82, 2.24) is 5.32 Å². The van der Waals surface area contributed by atoms with Crippen molar-refractivity contribution in [3.8, 4) is 5.75 Å². The number of amides is 1. The molecule has 0 aliphatic carbocycles. The number of aryl methyl sites for hydroxylation is 1. The minimum atomic E-state index is -0.403. The van der Waals surface area contributed by atoms with Gasteiger partial charge in [-0.1, -0.05) is 50.2 Å². The number of carbonyl (C=O) groups excluding carboxylic acids is 1. The molecular weight excluding hydrogens is 305 g/mol. The van der Waals surface area contributed by atoms with Gasteiger partial charge in [0.2, 0.25) is 5.91 Å². The monoisotopic (exact) mass is 329 g/mol. The lowest BCUT2D eigenvalue weighted by atomic mass is 9.96. The summed E-state index contributed by atoms with van der Waals surface area (Å²) in [5.74, 6) is 0.0652. The Morgan fingerprint density at radius 3 is 2.46 bits per heavy atom. The molecule has 2 aromatic carbocycles. The van der Waals surface area contributed by atoms with Gasteiger partial charge in [0, 0.05) is 6.42 Å². The van der Waals surface area contributed by atoms with E-state index in [0.29, 0.717) is 12.8 Å². The summed E-state index contributed by atoms with van der Waals surface area (Å²) in [7, 11) is 1.43. The summed E-state index contributed by atoms with van der Waals surface area (Å²) in [6.45, 7) is 4.16. The third kappa shape index (κ3) is 4.82. The number of hydrogen-bond donors (Lipinski definition) is 1. The molecule has 0 aromatic heterocycles. The molecule has 1 amide bonds. The molecule has 0 saturated carbocycles. The highest BCUT2D eigenvalue weighted by Crippen LogP contribution is 2.22. The average Bonchev–Trinajstić information content (AvgIpc) is 2.58. The summed E-state index contributed by atoms with van der Waals surface area (Å²) in [5.41, 5.74) is 1.88. The van der Waals surface area contributed by atoms with Crippen LogP contribution in [0.3, 0.4) is 0 Å². The molecule has 0 heterocycles. The topological polar surface area (TPSA) is 38.3 Å². The quantitative estimate of drug-likeness (QED) is 0.823. The van der Waals surface area contributed by atoms with Crippen molar-refractivity contribution < 1.29 is 13.9 Å². The molecule has 4 heteroatoms. The maximum absolute atomic E-state index is 13.7. The van der Waals surface area contributed by atoms with Gasteiger partial charge in [0.15, 0.2) is 11.6 Å². The summed E-state index contributed by atoms with van der Waals surface area (Å²) in [6.07, 6.45) is 0.814. The van der Waals surface area contributed by atoms with Crippen LogP contribution in [0.2, 0.25) is 0 Å². The summed E-state index contributed by atoms with van der Waals surface area (Å²) >= 11 is 0. The fourth-order valence-electron chi connectivity index (χ4n) is 2.66. The van der Waals surface area contributed by atoms with Gasteiger partial charge in [-0.15, -0.1) is 0 Å². The maximum Gasteiger partial charge on any atom is 0.220 e. The van der Waals surface area contributed by atoms with Crippen LogP contribution in [0.1, 0.15) is 37.4 Å². The van der Waals surface area contributed by atoms with Crippen molar-refractivity contribution in [2.75, 3.05) is 7.11 Å². The van der Waals surface area contributed by atoms with Crippen molar-refractivity contribution >= 4 is 5.91 Å². The van der Waals surface area contributed by atoms with Crippen molar-refractivity contribution in [1.29, 1.82) is 0 Å². The van der Waals surface area contributed by atoms with E-state index in [4.69, 9.17) is 4.74 Å². The zero-order chi connectivity index (χ0) is 17.5. The summed E-state index contributed by atoms with van der Waals surface area (Å²) < 4.78 is 18.6. The van der Waals surface area contributed by atoms with Crippen molar-refractivity contribution in [3.05, 3.63) is 65.5 Å². The van der Waals surface area contributed by atoms with Gasteiger partial charge in [-0.25, -0.2) is 4.39 Å². The van der Waals surface area contributed by atoms with Crippen LogP contribution in [-0.2, 0) is 11.2 Å². The third-order valence-corrected chi connectivity index (χ3v) is 4.00. The van der Waals surface area contributed by atoms with Gasteiger partial charge in [0.1, 0.15) is 0 Å². The number of methoxy groups -OCH3 is 1. The van der Waals surface area contributed by atoms with Crippen LogP contribution in [-0.4, -0.2) is 13.0 Å². The zero-order valence-corrected chi connectivity index (χ0v) is 14.4. The Kier molecular flexibility index (Phi) is 6.36. The van der Waals surface area contributed by atoms with Gasteiger partial charge < -0.3 is 10.1 Å². The van der Waals surface area contributed by atoms with E-state index in [0.717, 1.165) is 11.1 Å². The van der Waals surface area contributed by atoms with E-state index in [1.807, 2.05) is 30.3 Å². The first-order valence-electron chi connectivity index (χ1n) is 8.18. The van der Waals surface area contributed by atoms with E-state index in [-0.39, 0.29) is 23.6 Å². The Balaban J connectivity index is 1.95. The van der Waals surface area contributed by atoms with Crippen LogP contribution in [0.25, 0.3) is 0 Å². The standard InChI is InChI=1S/C20H24FNO2/c1-14(2)20(16-7-5-4-6-8-16)22-19(23)12-10-15-9-11-18(24-3)17(21)13-15/h4-9,11,13-14,20H,10,12H2,1-3H3,(H,22,23). The zero-order valence-electron chi connectivity index (χ0n) is 14.4. The molecule has 1 N–H and O–H groups in total. The lowest BCUT2D eigenvalue weighted by Crippen LogP contribution is -2.31. The predicted molar refractivity (Wildman–Crippen MR) is 93.4 cm³/mol. The number of nitrogens with one attached hydrogen (secondary N) is 1. The molecule has 3 nitrogen and oxygen atoms in total. The largest absolute Gasteiger partial charge is 0.494 e. The number of halogens is 1. The van der Waals surface area contributed by atoms with E-state index in [1.54, 1.807) is 12.1 Å². The second-order valence-electron chi connectivity index (χ2n) is 6.17. The fourth-order valence-corrected chi connectivity index (χ4v) is 2.66. The van der Waals surface area contributed by atoms with Crippen LogP contribution in [0.15, 0.2) is 48.5 Å². The molecule has 0 spiro atoms. The molecule has 0 bridgehead atoms. The normalized spacial score (nSPS) is 12.0. The smallest absolute Gasteiger partial charge is 0.220 e. The van der Waals surface area contributed by atoms with E-state index in [1.165, 1.54) is 13.2 Å². The lowest BCUT2D eigenvalue weighted by molar-refractivity contribution is -0.122. The number of carbonyl (C=O) groups is 1. The Morgan fingerprint density at radius 1 is 1.17 bits per heavy atom. The minimum absolute atomic E-state index is 0.0219. The van der Waals surface area contributed by atoms with Crippen molar-refractivity contribution in [3.63, 3.8) is 0 Å². The summed E-state index contributed by atoms with van der Waals surface area (Å²) in [6, 6.07) is 14.7. The second kappa shape index (κ2) is 8.48. The minimum Gasteiger partial charge on any atom is -0.494 e. The number of rotatable bonds is 7. The molecule has 0 aliphatic heterocycles. The molecule has 128 valence electrons. The van der Waals surface area contributed by atoms with Gasteiger partial charge in [0.25, 0.3) is 0 Å². The molecular formula is C20H24FNO2. The Bertz CT molecular complexity index is 671. The molecule has 1 unspecified atom stereocenters. The van der Waals surface area contributed by atoms with Crippen molar-refractivity contribution in [2.24, 2.45) is 5.92 Å². The fraction of sp³-hybridized carbons (Fsp3) is 0.350. The molecule has 0 fully saturated rings. The highest BCUT2D eigenvalue weighted by molar-refractivity contribution is 5.76. The van der Waals surface area contributed by atoms with Gasteiger partial charge >= 0.3 is 0 Å². The van der Waals surface area contributed by atoms with Crippen LogP contribution >= 0.6 is 0 Å². The van der Waals surface area contributed by atoms with Crippen molar-refractivity contribution in [2.45, 2.75) is 32.7 Å². The van der Waals surface area contributed by atoms with E-state index in [9.17, 15) is 9.18 Å². The highest BCUT2D eigenvalue weighted by atomic mass is 19.1. The van der Waals surface area contributed by atoms with Crippen LogP contribution < -0.4 is 10.1 Å². The van der Waals surface area contributed by atoms with Crippen LogP contribution in [0, 0.1) is 11.7 Å².